The third-order valence-corrected chi connectivity index (χ3v) is 8.38. The number of sulfonamides is 1. The van der Waals surface area contributed by atoms with E-state index in [1.807, 2.05) is 32.9 Å². The van der Waals surface area contributed by atoms with E-state index in [-0.39, 0.29) is 5.41 Å². The quantitative estimate of drug-likeness (QED) is 0.891. The van der Waals surface area contributed by atoms with Crippen molar-refractivity contribution in [2.75, 3.05) is 6.54 Å². The minimum absolute atomic E-state index is 0.230. The summed E-state index contributed by atoms with van der Waals surface area (Å²) >= 11 is 0. The summed E-state index contributed by atoms with van der Waals surface area (Å²) in [6, 6.07) is 3.93. The molecule has 0 spiro atoms. The third kappa shape index (κ3) is 2.82. The average Bonchev–Trinajstić information content (AvgIpc) is 2.42. The Morgan fingerprint density at radius 2 is 1.42 bits per heavy atom. The molecule has 0 amide bonds. The summed E-state index contributed by atoms with van der Waals surface area (Å²) in [5, 5.41) is 0. The van der Waals surface area contributed by atoms with E-state index in [1.54, 1.807) is 0 Å². The molecule has 4 aliphatic rings. The summed E-state index contributed by atoms with van der Waals surface area (Å²) in [5.41, 5.74) is 3.05. The highest BCUT2D eigenvalue weighted by Gasteiger charge is 2.51. The minimum Gasteiger partial charge on any atom is -0.211 e. The second-order valence-corrected chi connectivity index (χ2v) is 10.7. The van der Waals surface area contributed by atoms with Gasteiger partial charge in [0.1, 0.15) is 0 Å². The summed E-state index contributed by atoms with van der Waals surface area (Å²) in [4.78, 5) is 0.484. The van der Waals surface area contributed by atoms with Gasteiger partial charge in [0.05, 0.1) is 4.90 Å². The van der Waals surface area contributed by atoms with Gasteiger partial charge in [-0.05, 0) is 93.6 Å². The smallest absolute Gasteiger partial charge is 0.211 e. The zero-order valence-electron chi connectivity index (χ0n) is 15.1. The van der Waals surface area contributed by atoms with Crippen molar-refractivity contribution in [2.45, 2.75) is 64.2 Å². The molecule has 0 radical (unpaired) electrons. The van der Waals surface area contributed by atoms with Gasteiger partial charge < -0.3 is 0 Å². The van der Waals surface area contributed by atoms with Gasteiger partial charge in [0.15, 0.2) is 0 Å². The summed E-state index contributed by atoms with van der Waals surface area (Å²) in [5.74, 6) is 2.55. The van der Waals surface area contributed by atoms with Crippen LogP contribution in [0.1, 0.15) is 55.2 Å². The highest BCUT2D eigenvalue weighted by molar-refractivity contribution is 7.89. The van der Waals surface area contributed by atoms with Gasteiger partial charge in [0.25, 0.3) is 0 Å². The van der Waals surface area contributed by atoms with Crippen molar-refractivity contribution in [1.29, 1.82) is 0 Å². The third-order valence-electron chi connectivity index (χ3n) is 6.68. The average molecular weight is 348 g/mol. The molecule has 0 aromatic heterocycles. The topological polar surface area (TPSA) is 46.2 Å². The molecule has 0 saturated heterocycles. The maximum absolute atomic E-state index is 13.0. The largest absolute Gasteiger partial charge is 0.241 e. The van der Waals surface area contributed by atoms with Crippen LogP contribution in [0.15, 0.2) is 17.0 Å². The molecule has 4 bridgehead atoms. The van der Waals surface area contributed by atoms with E-state index in [9.17, 15) is 8.42 Å². The second-order valence-electron chi connectivity index (χ2n) is 8.97. The van der Waals surface area contributed by atoms with Crippen molar-refractivity contribution in [2.24, 2.45) is 23.2 Å². The van der Waals surface area contributed by atoms with Crippen molar-refractivity contribution in [3.63, 3.8) is 0 Å². The zero-order chi connectivity index (χ0) is 17.1. The minimum atomic E-state index is -3.43. The predicted molar refractivity (Wildman–Crippen MR) is 96.4 cm³/mol. The fraction of sp³-hybridized carbons (Fsp3) is 0.700. The molecule has 1 aromatic rings. The van der Waals surface area contributed by atoms with E-state index < -0.39 is 10.0 Å². The van der Waals surface area contributed by atoms with Gasteiger partial charge in [-0.2, -0.15) is 0 Å². The van der Waals surface area contributed by atoms with Crippen LogP contribution >= 0.6 is 0 Å². The summed E-state index contributed by atoms with van der Waals surface area (Å²) in [6.07, 6.45) is 7.86. The summed E-state index contributed by atoms with van der Waals surface area (Å²) in [6.45, 7) is 6.45. The molecule has 1 aromatic carbocycles. The Labute approximate surface area is 146 Å². The van der Waals surface area contributed by atoms with Crippen LogP contribution in [0.5, 0.6) is 0 Å². The zero-order valence-corrected chi connectivity index (χ0v) is 15.9. The van der Waals surface area contributed by atoms with Crippen molar-refractivity contribution in [3.8, 4) is 0 Å². The van der Waals surface area contributed by atoms with Crippen molar-refractivity contribution in [1.82, 2.24) is 4.72 Å². The van der Waals surface area contributed by atoms with Gasteiger partial charge in [-0.25, -0.2) is 13.1 Å². The summed E-state index contributed by atoms with van der Waals surface area (Å²) < 4.78 is 28.9. The summed E-state index contributed by atoms with van der Waals surface area (Å²) in [7, 11) is -3.43. The first-order valence-electron chi connectivity index (χ1n) is 9.34. The predicted octanol–water partition coefficient (Wildman–Crippen LogP) is 4.11. The van der Waals surface area contributed by atoms with Crippen molar-refractivity contribution < 1.29 is 8.42 Å². The molecule has 0 aliphatic heterocycles. The van der Waals surface area contributed by atoms with Gasteiger partial charge in [0, 0.05) is 6.54 Å². The standard InChI is InChI=1S/C20H29NO2S/c1-13-4-14(2)19(15(3)5-13)24(22,23)21-12-20-9-16-6-17(10-20)8-18(7-16)11-20/h4-5,16-18,21H,6-12H2,1-3H3. The molecule has 24 heavy (non-hydrogen) atoms. The molecule has 4 heteroatoms. The fourth-order valence-electron chi connectivity index (χ4n) is 6.42. The molecule has 1 N–H and O–H groups in total. The Balaban J connectivity index is 1.55. The van der Waals surface area contributed by atoms with Crippen molar-refractivity contribution in [3.05, 3.63) is 28.8 Å². The molecular formula is C20H29NO2S. The first kappa shape index (κ1) is 16.6. The van der Waals surface area contributed by atoms with Crippen LogP contribution in [0.2, 0.25) is 0 Å². The van der Waals surface area contributed by atoms with Crippen molar-refractivity contribution >= 4 is 10.0 Å². The Hall–Kier alpha value is -0.870. The highest BCUT2D eigenvalue weighted by atomic mass is 32.2. The van der Waals surface area contributed by atoms with Gasteiger partial charge in [-0.1, -0.05) is 17.7 Å². The second kappa shape index (κ2) is 5.57. The molecule has 5 rings (SSSR count). The molecule has 4 saturated carbocycles. The lowest BCUT2D eigenvalue weighted by molar-refractivity contribution is -0.0487. The molecule has 4 aliphatic carbocycles. The van der Waals surface area contributed by atoms with Gasteiger partial charge in [-0.15, -0.1) is 0 Å². The maximum Gasteiger partial charge on any atom is 0.241 e. The SMILES string of the molecule is Cc1cc(C)c(S(=O)(=O)NCC23CC4CC(CC(C4)C2)C3)c(C)c1. The Morgan fingerprint density at radius 3 is 1.88 bits per heavy atom. The molecule has 0 unspecified atom stereocenters. The van der Waals surface area contributed by atoms with Crippen LogP contribution in [-0.4, -0.2) is 15.0 Å². The van der Waals surface area contributed by atoms with Crippen LogP contribution in [-0.2, 0) is 10.0 Å². The van der Waals surface area contributed by atoms with Crippen LogP contribution in [0.25, 0.3) is 0 Å². The number of nitrogens with one attached hydrogen (secondary N) is 1. The lowest BCUT2D eigenvalue weighted by Crippen LogP contribution is -2.51. The number of hydrogen-bond donors (Lipinski definition) is 1. The van der Waals surface area contributed by atoms with Crippen LogP contribution in [0.3, 0.4) is 0 Å². The van der Waals surface area contributed by atoms with Crippen LogP contribution < -0.4 is 4.72 Å². The van der Waals surface area contributed by atoms with E-state index in [1.165, 1.54) is 38.5 Å². The first-order chi connectivity index (χ1) is 11.3. The molecule has 132 valence electrons. The van der Waals surface area contributed by atoms with E-state index in [4.69, 9.17) is 0 Å². The van der Waals surface area contributed by atoms with Crippen LogP contribution in [0.4, 0.5) is 0 Å². The van der Waals surface area contributed by atoms with Crippen LogP contribution in [0, 0.1) is 43.9 Å². The number of benzene rings is 1. The first-order valence-corrected chi connectivity index (χ1v) is 10.8. The lowest BCUT2D eigenvalue weighted by atomic mass is 9.50. The highest BCUT2D eigenvalue weighted by Crippen LogP contribution is 2.59. The Bertz CT molecular complexity index is 708. The van der Waals surface area contributed by atoms with Gasteiger partial charge in [-0.3, -0.25) is 0 Å². The molecule has 3 nitrogen and oxygen atoms in total. The Morgan fingerprint density at radius 1 is 0.958 bits per heavy atom. The molecule has 0 heterocycles. The number of aryl methyl sites for hydroxylation is 3. The van der Waals surface area contributed by atoms with E-state index in [2.05, 4.69) is 4.72 Å². The number of rotatable bonds is 4. The van der Waals surface area contributed by atoms with Gasteiger partial charge >= 0.3 is 0 Å². The van der Waals surface area contributed by atoms with Gasteiger partial charge in [0.2, 0.25) is 10.0 Å². The molecule has 4 fully saturated rings. The molecular weight excluding hydrogens is 318 g/mol. The maximum atomic E-state index is 13.0. The van der Waals surface area contributed by atoms with E-state index >= 15 is 0 Å². The molecule has 0 atom stereocenters. The fourth-order valence-corrected chi connectivity index (χ4v) is 8.02. The monoisotopic (exact) mass is 347 g/mol. The lowest BCUT2D eigenvalue weighted by Gasteiger charge is -2.56. The Kier molecular flexibility index (Phi) is 3.85. The number of hydrogen-bond acceptors (Lipinski definition) is 2. The normalized spacial score (nSPS) is 34.7. The van der Waals surface area contributed by atoms with E-state index in [0.717, 1.165) is 34.4 Å². The van der Waals surface area contributed by atoms with E-state index in [0.29, 0.717) is 11.4 Å².